The average molecular weight is 561 g/mol. The van der Waals surface area contributed by atoms with Crippen LogP contribution in [0.2, 0.25) is 0 Å². The number of carbonyl (C=O) groups excluding carboxylic acids is 1. The minimum Gasteiger partial charge on any atom is -0.493 e. The highest BCUT2D eigenvalue weighted by Gasteiger charge is 2.27. The fourth-order valence-electron chi connectivity index (χ4n) is 3.38. The molecule has 0 saturated carbocycles. The third-order valence-electron chi connectivity index (χ3n) is 5.51. The summed E-state index contributed by atoms with van der Waals surface area (Å²) >= 11 is 3.37. The largest absolute Gasteiger partial charge is 0.493 e. The molecule has 0 fully saturated rings. The number of esters is 1. The minimum atomic E-state index is -1.11. The molecule has 0 amide bonds. The van der Waals surface area contributed by atoms with Gasteiger partial charge in [0.15, 0.2) is 11.9 Å². The van der Waals surface area contributed by atoms with Gasteiger partial charge < -0.3 is 14.2 Å². The second-order valence-corrected chi connectivity index (χ2v) is 8.83. The maximum Gasteiger partial charge on any atom is 0.346 e. The molecule has 1 heterocycles. The van der Waals surface area contributed by atoms with Crippen molar-refractivity contribution >= 4 is 44.7 Å². The number of hydrogen-bond acceptors (Lipinski definition) is 9. The second-order valence-electron chi connectivity index (χ2n) is 7.91. The van der Waals surface area contributed by atoms with Gasteiger partial charge in [0, 0.05) is 22.0 Å². The summed E-state index contributed by atoms with van der Waals surface area (Å²) in [5.74, 6) is -0.544. The number of fused-ring (bicyclic) bond motifs is 1. The summed E-state index contributed by atoms with van der Waals surface area (Å²) in [6.07, 6.45) is 0.914. The second kappa shape index (κ2) is 11.3. The van der Waals surface area contributed by atoms with Crippen molar-refractivity contribution in [3.05, 3.63) is 66.7 Å². The molecule has 0 bridgehead atoms. The summed E-state index contributed by atoms with van der Waals surface area (Å²) in [6, 6.07) is 7.89. The molecule has 0 spiro atoms. The van der Waals surface area contributed by atoms with E-state index in [2.05, 4.69) is 30.8 Å². The molecule has 0 aliphatic carbocycles. The van der Waals surface area contributed by atoms with Crippen LogP contribution >= 0.6 is 15.9 Å². The lowest BCUT2D eigenvalue weighted by Gasteiger charge is -2.16. The van der Waals surface area contributed by atoms with Crippen molar-refractivity contribution in [3.8, 4) is 11.5 Å². The van der Waals surface area contributed by atoms with Crippen LogP contribution in [-0.2, 0) is 9.53 Å². The van der Waals surface area contributed by atoms with E-state index in [1.165, 1.54) is 44.2 Å². The van der Waals surface area contributed by atoms with Crippen molar-refractivity contribution in [3.63, 3.8) is 0 Å². The van der Waals surface area contributed by atoms with Crippen molar-refractivity contribution in [1.82, 2.24) is 9.66 Å². The fourth-order valence-corrected chi connectivity index (χ4v) is 3.74. The molecule has 3 rings (SSSR count). The molecule has 190 valence electrons. The van der Waals surface area contributed by atoms with Gasteiger partial charge in [0.05, 0.1) is 36.3 Å². The van der Waals surface area contributed by atoms with E-state index in [0.29, 0.717) is 23.1 Å². The first kappa shape index (κ1) is 26.8. The SMILES string of the molecule is CC[C@@H](C)c1nc2ccc(Br)cc2c(=O)n1N=Cc1cc(OC)c(O[C@@H](C)C(=O)OC)c([N+](=O)[O-])c1. The summed E-state index contributed by atoms with van der Waals surface area (Å²) in [5.41, 5.74) is -0.000709. The Bertz CT molecular complexity index is 1400. The Labute approximate surface area is 215 Å². The zero-order valence-corrected chi connectivity index (χ0v) is 21.9. The van der Waals surface area contributed by atoms with Gasteiger partial charge in [-0.15, -0.1) is 0 Å². The highest BCUT2D eigenvalue weighted by Crippen LogP contribution is 2.38. The lowest BCUT2D eigenvalue weighted by Crippen LogP contribution is -2.25. The number of nitro groups is 1. The van der Waals surface area contributed by atoms with Gasteiger partial charge in [-0.3, -0.25) is 14.9 Å². The Kier molecular flexibility index (Phi) is 8.41. The number of benzene rings is 2. The molecular weight excluding hydrogens is 536 g/mol. The summed E-state index contributed by atoms with van der Waals surface area (Å²) in [5, 5.41) is 16.5. The Hall–Kier alpha value is -3.80. The molecule has 12 heteroatoms. The van der Waals surface area contributed by atoms with Gasteiger partial charge in [0.2, 0.25) is 5.75 Å². The zero-order valence-electron chi connectivity index (χ0n) is 20.4. The van der Waals surface area contributed by atoms with Gasteiger partial charge in [-0.1, -0.05) is 29.8 Å². The van der Waals surface area contributed by atoms with Crippen LogP contribution in [0.15, 0.2) is 44.7 Å². The lowest BCUT2D eigenvalue weighted by molar-refractivity contribution is -0.386. The molecule has 0 N–H and O–H groups in total. The van der Waals surface area contributed by atoms with E-state index < -0.39 is 22.7 Å². The normalized spacial score (nSPS) is 12.9. The van der Waals surface area contributed by atoms with Crippen LogP contribution in [0, 0.1) is 10.1 Å². The van der Waals surface area contributed by atoms with Crippen LogP contribution in [0.5, 0.6) is 11.5 Å². The smallest absolute Gasteiger partial charge is 0.346 e. The summed E-state index contributed by atoms with van der Waals surface area (Å²) in [7, 11) is 2.50. The van der Waals surface area contributed by atoms with E-state index in [-0.39, 0.29) is 28.5 Å². The van der Waals surface area contributed by atoms with E-state index in [0.717, 1.165) is 4.47 Å². The molecule has 1 aromatic heterocycles. The molecule has 0 aliphatic heterocycles. The van der Waals surface area contributed by atoms with E-state index >= 15 is 0 Å². The molecule has 0 radical (unpaired) electrons. The van der Waals surface area contributed by atoms with Crippen molar-refractivity contribution in [2.45, 2.75) is 39.2 Å². The molecule has 11 nitrogen and oxygen atoms in total. The number of hydrogen-bond donors (Lipinski definition) is 0. The van der Waals surface area contributed by atoms with E-state index in [1.54, 1.807) is 18.2 Å². The van der Waals surface area contributed by atoms with E-state index in [9.17, 15) is 19.7 Å². The van der Waals surface area contributed by atoms with E-state index in [1.807, 2.05) is 13.8 Å². The quantitative estimate of drug-likeness (QED) is 0.162. The van der Waals surface area contributed by atoms with Crippen LogP contribution in [0.1, 0.15) is 44.5 Å². The van der Waals surface area contributed by atoms with E-state index in [4.69, 9.17) is 9.47 Å². The first-order chi connectivity index (χ1) is 17.1. The number of nitro benzene ring substituents is 1. The number of ether oxygens (including phenoxy) is 3. The molecule has 0 saturated heterocycles. The van der Waals surface area contributed by atoms with Gasteiger partial charge in [-0.05, 0) is 37.6 Å². The number of carbonyl (C=O) groups is 1. The Morgan fingerprint density at radius 2 is 2.00 bits per heavy atom. The Morgan fingerprint density at radius 1 is 1.28 bits per heavy atom. The molecule has 3 aromatic rings. The van der Waals surface area contributed by atoms with Crippen LogP contribution < -0.4 is 15.0 Å². The van der Waals surface area contributed by atoms with Gasteiger partial charge in [0.1, 0.15) is 5.82 Å². The number of rotatable bonds is 9. The first-order valence-electron chi connectivity index (χ1n) is 11.0. The van der Waals surface area contributed by atoms with Crippen molar-refractivity contribution in [2.75, 3.05) is 14.2 Å². The molecule has 2 aromatic carbocycles. The molecule has 0 unspecified atom stereocenters. The van der Waals surface area contributed by atoms with Crippen molar-refractivity contribution < 1.29 is 23.9 Å². The molecule has 0 aliphatic rings. The van der Waals surface area contributed by atoms with Crippen LogP contribution in [0.4, 0.5) is 5.69 Å². The zero-order chi connectivity index (χ0) is 26.6. The van der Waals surface area contributed by atoms with Crippen molar-refractivity contribution in [2.24, 2.45) is 5.10 Å². The minimum absolute atomic E-state index is 0.0106. The maximum atomic E-state index is 13.3. The van der Waals surface area contributed by atoms with Gasteiger partial charge >= 0.3 is 11.7 Å². The van der Waals surface area contributed by atoms with Crippen LogP contribution in [-0.4, -0.2) is 47.1 Å². The van der Waals surface area contributed by atoms with Gasteiger partial charge in [-0.25, -0.2) is 9.78 Å². The summed E-state index contributed by atoms with van der Waals surface area (Å²) in [6.45, 7) is 5.30. The Morgan fingerprint density at radius 3 is 2.61 bits per heavy atom. The number of nitrogens with zero attached hydrogens (tertiary/aromatic N) is 4. The number of aromatic nitrogens is 2. The predicted octanol–water partition coefficient (Wildman–Crippen LogP) is 4.41. The first-order valence-corrected chi connectivity index (χ1v) is 11.8. The fraction of sp³-hybridized carbons (Fsp3) is 0.333. The van der Waals surface area contributed by atoms with Crippen molar-refractivity contribution in [1.29, 1.82) is 0 Å². The summed E-state index contributed by atoms with van der Waals surface area (Å²) in [4.78, 5) is 40.8. The lowest BCUT2D eigenvalue weighted by atomic mass is 10.1. The standard InChI is InChI=1S/C24H25BrN4O7/c1-6-13(2)22-27-18-8-7-16(25)11-17(18)23(30)28(22)26-12-15-9-19(29(32)33)21(20(10-15)34-4)36-14(3)24(31)35-5/h7-14H,6H2,1-5H3/t13-,14+/m1/s1. The number of methoxy groups -OCH3 is 2. The maximum absolute atomic E-state index is 13.3. The third-order valence-corrected chi connectivity index (χ3v) is 6.00. The molecular formula is C24H25BrN4O7. The molecule has 36 heavy (non-hydrogen) atoms. The summed E-state index contributed by atoms with van der Waals surface area (Å²) < 4.78 is 17.3. The third kappa shape index (κ3) is 5.54. The predicted molar refractivity (Wildman–Crippen MR) is 137 cm³/mol. The van der Waals surface area contributed by atoms with Gasteiger partial charge in [0.25, 0.3) is 5.56 Å². The number of halogens is 1. The molecule has 2 atom stereocenters. The topological polar surface area (TPSA) is 135 Å². The van der Waals surface area contributed by atoms with Crippen LogP contribution in [0.3, 0.4) is 0 Å². The van der Waals surface area contributed by atoms with Crippen LogP contribution in [0.25, 0.3) is 10.9 Å². The van der Waals surface area contributed by atoms with Gasteiger partial charge in [-0.2, -0.15) is 9.78 Å². The highest BCUT2D eigenvalue weighted by molar-refractivity contribution is 9.10. The highest BCUT2D eigenvalue weighted by atomic mass is 79.9. The Balaban J connectivity index is 2.15. The monoisotopic (exact) mass is 560 g/mol. The average Bonchev–Trinajstić information content (AvgIpc) is 2.87.